The van der Waals surface area contributed by atoms with E-state index in [0.29, 0.717) is 6.04 Å². The van der Waals surface area contributed by atoms with Gasteiger partial charge in [-0.25, -0.2) is 4.68 Å². The Hall–Kier alpha value is -2.63. The predicted molar refractivity (Wildman–Crippen MR) is 103 cm³/mol. The van der Waals surface area contributed by atoms with Crippen LogP contribution in [-0.2, 0) is 6.54 Å². The third-order valence-corrected chi connectivity index (χ3v) is 4.89. The molecule has 0 amide bonds. The van der Waals surface area contributed by atoms with Gasteiger partial charge in [0.2, 0.25) is 0 Å². The van der Waals surface area contributed by atoms with E-state index in [4.69, 9.17) is 4.74 Å². The molecule has 4 rings (SSSR count). The highest BCUT2D eigenvalue weighted by atomic mass is 16.5. The summed E-state index contributed by atoms with van der Waals surface area (Å²) in [4.78, 5) is 2.50. The highest BCUT2D eigenvalue weighted by Gasteiger charge is 2.26. The largest absolute Gasteiger partial charge is 0.496 e. The number of nitrogens with zero attached hydrogens (tertiary/aromatic N) is 3. The smallest absolute Gasteiger partial charge is 0.123 e. The van der Waals surface area contributed by atoms with Crippen molar-refractivity contribution in [2.45, 2.75) is 12.6 Å². The maximum absolute atomic E-state index is 5.59. The van der Waals surface area contributed by atoms with Crippen molar-refractivity contribution in [3.05, 3.63) is 78.1 Å². The second-order valence-corrected chi connectivity index (χ2v) is 6.56. The molecule has 3 aromatic rings. The van der Waals surface area contributed by atoms with Crippen LogP contribution in [0.15, 0.2) is 67.0 Å². The third kappa shape index (κ3) is 3.49. The van der Waals surface area contributed by atoms with Gasteiger partial charge in [-0.3, -0.25) is 4.90 Å². The second-order valence-electron chi connectivity index (χ2n) is 6.56. The van der Waals surface area contributed by atoms with Gasteiger partial charge < -0.3 is 10.1 Å². The summed E-state index contributed by atoms with van der Waals surface area (Å²) in [6.45, 7) is 3.79. The molecular formula is C21H24N4O. The molecule has 1 unspecified atom stereocenters. The van der Waals surface area contributed by atoms with Gasteiger partial charge in [0.15, 0.2) is 0 Å². The second kappa shape index (κ2) is 7.72. The molecule has 1 aliphatic rings. The molecule has 5 nitrogen and oxygen atoms in total. The Morgan fingerprint density at radius 3 is 2.77 bits per heavy atom. The van der Waals surface area contributed by atoms with Crippen molar-refractivity contribution >= 4 is 0 Å². The first-order valence-corrected chi connectivity index (χ1v) is 9.02. The van der Waals surface area contributed by atoms with Crippen LogP contribution in [0.4, 0.5) is 0 Å². The number of piperazine rings is 1. The Kier molecular flexibility index (Phi) is 5.00. The predicted octanol–water partition coefficient (Wildman–Crippen LogP) is 3.03. The lowest BCUT2D eigenvalue weighted by molar-refractivity contribution is 0.151. The minimum atomic E-state index is 0.292. The zero-order valence-electron chi connectivity index (χ0n) is 15.0. The van der Waals surface area contributed by atoms with Crippen molar-refractivity contribution < 1.29 is 4.74 Å². The van der Waals surface area contributed by atoms with E-state index in [0.717, 1.165) is 37.6 Å². The number of hydrogen-bond acceptors (Lipinski definition) is 4. The molecule has 0 radical (unpaired) electrons. The lowest BCUT2D eigenvalue weighted by atomic mass is 10.0. The quantitative estimate of drug-likeness (QED) is 0.770. The van der Waals surface area contributed by atoms with Crippen LogP contribution in [-0.4, -0.2) is 41.4 Å². The number of methoxy groups -OCH3 is 1. The van der Waals surface area contributed by atoms with Crippen molar-refractivity contribution in [3.63, 3.8) is 0 Å². The van der Waals surface area contributed by atoms with Crippen LogP contribution in [0.2, 0.25) is 0 Å². The first-order chi connectivity index (χ1) is 12.8. The summed E-state index contributed by atoms with van der Waals surface area (Å²) in [5.74, 6) is 0.950. The molecule has 2 aromatic carbocycles. The Labute approximate surface area is 154 Å². The zero-order valence-corrected chi connectivity index (χ0v) is 15.0. The van der Waals surface area contributed by atoms with Crippen LogP contribution < -0.4 is 10.1 Å². The van der Waals surface area contributed by atoms with Crippen LogP contribution in [0.5, 0.6) is 5.75 Å². The molecule has 0 bridgehead atoms. The van der Waals surface area contributed by atoms with Crippen LogP contribution in [0.3, 0.4) is 0 Å². The highest BCUT2D eigenvalue weighted by molar-refractivity contribution is 5.36. The van der Waals surface area contributed by atoms with E-state index >= 15 is 0 Å². The SMILES string of the molecule is COc1ccccc1C1CNCCN1Cc1cnn(-c2ccccc2)c1. The fourth-order valence-electron chi connectivity index (χ4n) is 3.58. The Balaban J connectivity index is 1.55. The summed E-state index contributed by atoms with van der Waals surface area (Å²) in [7, 11) is 1.74. The van der Waals surface area contributed by atoms with Gasteiger partial charge in [-0.05, 0) is 18.2 Å². The number of aromatic nitrogens is 2. The molecule has 5 heteroatoms. The molecule has 1 aromatic heterocycles. The van der Waals surface area contributed by atoms with E-state index in [-0.39, 0.29) is 0 Å². The van der Waals surface area contributed by atoms with Crippen molar-refractivity contribution in [1.29, 1.82) is 0 Å². The first-order valence-electron chi connectivity index (χ1n) is 9.02. The van der Waals surface area contributed by atoms with Crippen molar-refractivity contribution in [2.75, 3.05) is 26.7 Å². The molecule has 0 spiro atoms. The van der Waals surface area contributed by atoms with Crippen molar-refractivity contribution in [1.82, 2.24) is 20.0 Å². The Bertz CT molecular complexity index is 846. The fourth-order valence-corrected chi connectivity index (χ4v) is 3.58. The van der Waals surface area contributed by atoms with E-state index in [1.165, 1.54) is 11.1 Å². The molecule has 0 saturated carbocycles. The van der Waals surface area contributed by atoms with Crippen LogP contribution in [0.25, 0.3) is 5.69 Å². The average molecular weight is 348 g/mol. The van der Waals surface area contributed by atoms with Crippen LogP contribution in [0, 0.1) is 0 Å². The molecule has 0 aliphatic carbocycles. The number of hydrogen-bond donors (Lipinski definition) is 1. The van der Waals surface area contributed by atoms with Gasteiger partial charge in [0.05, 0.1) is 25.0 Å². The molecule has 1 fully saturated rings. The minimum absolute atomic E-state index is 0.292. The van der Waals surface area contributed by atoms with E-state index in [2.05, 4.69) is 45.8 Å². The van der Waals surface area contributed by atoms with Gasteiger partial charge in [-0.15, -0.1) is 0 Å². The van der Waals surface area contributed by atoms with E-state index in [1.54, 1.807) is 7.11 Å². The third-order valence-electron chi connectivity index (χ3n) is 4.89. The van der Waals surface area contributed by atoms with E-state index in [9.17, 15) is 0 Å². The Morgan fingerprint density at radius 1 is 1.12 bits per heavy atom. The fraction of sp³-hybridized carbons (Fsp3) is 0.286. The minimum Gasteiger partial charge on any atom is -0.496 e. The molecule has 1 atom stereocenters. The van der Waals surface area contributed by atoms with E-state index in [1.807, 2.05) is 41.2 Å². The summed E-state index contributed by atoms with van der Waals surface area (Å²) >= 11 is 0. The highest BCUT2D eigenvalue weighted by Crippen LogP contribution is 2.31. The van der Waals surface area contributed by atoms with Gasteiger partial charge in [0.25, 0.3) is 0 Å². The number of ether oxygens (including phenoxy) is 1. The first kappa shape index (κ1) is 16.8. The van der Waals surface area contributed by atoms with Gasteiger partial charge in [-0.2, -0.15) is 5.10 Å². The number of nitrogens with one attached hydrogen (secondary N) is 1. The van der Waals surface area contributed by atoms with Gasteiger partial charge in [-0.1, -0.05) is 36.4 Å². The summed E-state index contributed by atoms with van der Waals surface area (Å²) in [6, 6.07) is 18.8. The summed E-state index contributed by atoms with van der Waals surface area (Å²) < 4.78 is 7.53. The number of para-hydroxylation sites is 2. The standard InChI is InChI=1S/C21H24N4O/c1-26-21-10-6-5-9-19(21)20-14-22-11-12-24(20)15-17-13-23-25(16-17)18-7-3-2-4-8-18/h2-10,13,16,20,22H,11-12,14-15H2,1H3. The van der Waals surface area contributed by atoms with Crippen molar-refractivity contribution in [2.24, 2.45) is 0 Å². The van der Waals surface area contributed by atoms with Gasteiger partial charge in [0.1, 0.15) is 5.75 Å². The summed E-state index contributed by atoms with van der Waals surface area (Å²) in [5.41, 5.74) is 3.54. The molecular weight excluding hydrogens is 324 g/mol. The average Bonchev–Trinajstić information content (AvgIpc) is 3.18. The molecule has 2 heterocycles. The van der Waals surface area contributed by atoms with Gasteiger partial charge >= 0.3 is 0 Å². The zero-order chi connectivity index (χ0) is 17.8. The molecule has 134 valence electrons. The molecule has 1 N–H and O–H groups in total. The maximum Gasteiger partial charge on any atom is 0.123 e. The van der Waals surface area contributed by atoms with Gasteiger partial charge in [0, 0.05) is 43.5 Å². The number of rotatable bonds is 5. The normalized spacial score (nSPS) is 18.0. The summed E-state index contributed by atoms with van der Waals surface area (Å²) in [6.07, 6.45) is 4.09. The topological polar surface area (TPSA) is 42.3 Å². The van der Waals surface area contributed by atoms with Crippen LogP contribution >= 0.6 is 0 Å². The maximum atomic E-state index is 5.59. The lowest BCUT2D eigenvalue weighted by Gasteiger charge is -2.36. The molecule has 1 saturated heterocycles. The number of benzene rings is 2. The monoisotopic (exact) mass is 348 g/mol. The lowest BCUT2D eigenvalue weighted by Crippen LogP contribution is -2.45. The molecule has 1 aliphatic heterocycles. The van der Waals surface area contributed by atoms with Crippen LogP contribution in [0.1, 0.15) is 17.2 Å². The Morgan fingerprint density at radius 2 is 1.92 bits per heavy atom. The molecule has 26 heavy (non-hydrogen) atoms. The summed E-state index contributed by atoms with van der Waals surface area (Å²) in [5, 5.41) is 8.05. The van der Waals surface area contributed by atoms with Crippen molar-refractivity contribution in [3.8, 4) is 11.4 Å². The van der Waals surface area contributed by atoms with E-state index < -0.39 is 0 Å².